The predicted molar refractivity (Wildman–Crippen MR) is 78.0 cm³/mol. The molecule has 21 heavy (non-hydrogen) atoms. The molecule has 0 aromatic heterocycles. The van der Waals surface area contributed by atoms with Crippen LogP contribution in [0.3, 0.4) is 0 Å². The fourth-order valence-corrected chi connectivity index (χ4v) is 2.53. The zero-order valence-electron chi connectivity index (χ0n) is 11.9. The van der Waals surface area contributed by atoms with Crippen LogP contribution in [0.4, 0.5) is 11.4 Å². The van der Waals surface area contributed by atoms with Crippen LogP contribution < -0.4 is 11.1 Å². The number of hydrogen-bond acceptors (Lipinski definition) is 5. The summed E-state index contributed by atoms with van der Waals surface area (Å²) in [6, 6.07) is 4.21. The maximum Gasteiger partial charge on any atom is 0.292 e. The number of ether oxygens (including phenoxy) is 1. The molecule has 3 N–H and O–H groups in total. The molecule has 0 spiro atoms. The van der Waals surface area contributed by atoms with Gasteiger partial charge in [0.05, 0.1) is 10.5 Å². The summed E-state index contributed by atoms with van der Waals surface area (Å²) >= 11 is 0. The minimum absolute atomic E-state index is 0.0277. The highest BCUT2D eigenvalue weighted by atomic mass is 16.6. The van der Waals surface area contributed by atoms with E-state index < -0.39 is 4.92 Å². The van der Waals surface area contributed by atoms with Crippen molar-refractivity contribution in [3.63, 3.8) is 0 Å². The molecule has 1 aliphatic rings. The van der Waals surface area contributed by atoms with E-state index in [9.17, 15) is 14.9 Å². The lowest BCUT2D eigenvalue weighted by atomic mass is 9.92. The molecule has 0 bridgehead atoms. The van der Waals surface area contributed by atoms with E-state index in [1.165, 1.54) is 18.2 Å². The number of para-hydroxylation sites is 1. The van der Waals surface area contributed by atoms with Crippen molar-refractivity contribution in [3.8, 4) is 0 Å². The van der Waals surface area contributed by atoms with Crippen molar-refractivity contribution in [2.24, 2.45) is 5.92 Å². The highest BCUT2D eigenvalue weighted by Crippen LogP contribution is 2.25. The fraction of sp³-hybridized carbons (Fsp3) is 0.500. The first kappa shape index (κ1) is 15.2. The van der Waals surface area contributed by atoms with E-state index in [0.29, 0.717) is 19.1 Å². The summed E-state index contributed by atoms with van der Waals surface area (Å²) in [6.07, 6.45) is 1.79. The number of amides is 1. The number of nitrogens with one attached hydrogen (secondary N) is 1. The first-order valence-corrected chi connectivity index (χ1v) is 6.92. The molecule has 1 aliphatic heterocycles. The lowest BCUT2D eigenvalue weighted by Gasteiger charge is -2.28. The number of carbonyl (C=O) groups excluding carboxylic acids is 1. The van der Waals surface area contributed by atoms with Crippen molar-refractivity contribution in [1.29, 1.82) is 0 Å². The van der Waals surface area contributed by atoms with Gasteiger partial charge in [0.2, 0.25) is 0 Å². The Bertz CT molecular complexity index is 541. The smallest absolute Gasteiger partial charge is 0.292 e. The summed E-state index contributed by atoms with van der Waals surface area (Å²) in [7, 11) is 0. The summed E-state index contributed by atoms with van der Waals surface area (Å²) in [5.74, 6) is -0.0298. The molecule has 1 amide bonds. The first-order chi connectivity index (χ1) is 10.0. The maximum atomic E-state index is 12.2. The highest BCUT2D eigenvalue weighted by molar-refractivity contribution is 6.01. The van der Waals surface area contributed by atoms with Crippen molar-refractivity contribution in [1.82, 2.24) is 5.32 Å². The molecule has 114 valence electrons. The summed E-state index contributed by atoms with van der Waals surface area (Å²) in [6.45, 7) is 3.33. The zero-order valence-corrected chi connectivity index (χ0v) is 11.9. The van der Waals surface area contributed by atoms with Crippen LogP contribution >= 0.6 is 0 Å². The van der Waals surface area contributed by atoms with E-state index in [0.717, 1.165) is 12.8 Å². The number of nitro groups is 1. The number of nitrogen functional groups attached to an aromatic ring is 1. The number of hydrogen-bond donors (Lipinski definition) is 2. The zero-order chi connectivity index (χ0) is 15.4. The third kappa shape index (κ3) is 3.49. The van der Waals surface area contributed by atoms with E-state index in [1.54, 1.807) is 0 Å². The van der Waals surface area contributed by atoms with Crippen LogP contribution in [0.5, 0.6) is 0 Å². The number of benzene rings is 1. The third-order valence-corrected chi connectivity index (χ3v) is 3.86. The van der Waals surface area contributed by atoms with Gasteiger partial charge in [0.15, 0.2) is 0 Å². The van der Waals surface area contributed by atoms with Crippen molar-refractivity contribution < 1.29 is 14.5 Å². The van der Waals surface area contributed by atoms with Crippen LogP contribution in [-0.4, -0.2) is 30.1 Å². The second-order valence-electron chi connectivity index (χ2n) is 5.21. The van der Waals surface area contributed by atoms with Crippen LogP contribution in [-0.2, 0) is 4.74 Å². The Kier molecular flexibility index (Phi) is 4.74. The van der Waals surface area contributed by atoms with Gasteiger partial charge in [-0.1, -0.05) is 6.07 Å². The predicted octanol–water partition coefficient (Wildman–Crippen LogP) is 1.72. The van der Waals surface area contributed by atoms with Crippen molar-refractivity contribution in [3.05, 3.63) is 33.9 Å². The first-order valence-electron chi connectivity index (χ1n) is 6.92. The van der Waals surface area contributed by atoms with Gasteiger partial charge in [-0.3, -0.25) is 14.9 Å². The molecule has 2 rings (SSSR count). The number of nitrogens with two attached hydrogens (primary N) is 1. The Morgan fingerprint density at radius 1 is 1.48 bits per heavy atom. The third-order valence-electron chi connectivity index (χ3n) is 3.86. The Morgan fingerprint density at radius 2 is 2.14 bits per heavy atom. The number of nitro benzene ring substituents is 1. The SMILES string of the molecule is CC(NC(=O)c1cccc([N+](=O)[O-])c1N)C1CCOCC1. The molecule has 7 heteroatoms. The molecule has 1 unspecified atom stereocenters. The molecule has 0 saturated carbocycles. The van der Waals surface area contributed by atoms with E-state index in [-0.39, 0.29) is 28.9 Å². The van der Waals surface area contributed by atoms with Gasteiger partial charge < -0.3 is 15.8 Å². The van der Waals surface area contributed by atoms with Gasteiger partial charge in [-0.25, -0.2) is 0 Å². The molecule has 1 heterocycles. The monoisotopic (exact) mass is 293 g/mol. The van der Waals surface area contributed by atoms with Crippen LogP contribution in [0.2, 0.25) is 0 Å². The molecular formula is C14H19N3O4. The molecule has 1 saturated heterocycles. The molecule has 7 nitrogen and oxygen atoms in total. The van der Waals surface area contributed by atoms with E-state index in [1.807, 2.05) is 6.92 Å². The van der Waals surface area contributed by atoms with Gasteiger partial charge in [-0.2, -0.15) is 0 Å². The molecule has 1 fully saturated rings. The highest BCUT2D eigenvalue weighted by Gasteiger charge is 2.24. The van der Waals surface area contributed by atoms with Crippen LogP contribution in [0.1, 0.15) is 30.1 Å². The molecule has 1 aromatic carbocycles. The summed E-state index contributed by atoms with van der Waals surface area (Å²) < 4.78 is 5.29. The minimum Gasteiger partial charge on any atom is -0.393 e. The Morgan fingerprint density at radius 3 is 2.76 bits per heavy atom. The number of anilines is 1. The molecule has 1 atom stereocenters. The van der Waals surface area contributed by atoms with Gasteiger partial charge in [-0.05, 0) is 31.7 Å². The average Bonchev–Trinajstić information content (AvgIpc) is 2.47. The number of carbonyl (C=O) groups is 1. The van der Waals surface area contributed by atoms with Crippen molar-refractivity contribution >= 4 is 17.3 Å². The van der Waals surface area contributed by atoms with Gasteiger partial charge in [-0.15, -0.1) is 0 Å². The van der Waals surface area contributed by atoms with Crippen LogP contribution in [0, 0.1) is 16.0 Å². The van der Waals surface area contributed by atoms with E-state index in [2.05, 4.69) is 5.32 Å². The van der Waals surface area contributed by atoms with E-state index >= 15 is 0 Å². The number of nitrogens with zero attached hydrogens (tertiary/aromatic N) is 1. The largest absolute Gasteiger partial charge is 0.393 e. The van der Waals surface area contributed by atoms with Crippen molar-refractivity contribution in [2.75, 3.05) is 18.9 Å². The lowest BCUT2D eigenvalue weighted by molar-refractivity contribution is -0.383. The second kappa shape index (κ2) is 6.53. The molecule has 0 aliphatic carbocycles. The quantitative estimate of drug-likeness (QED) is 0.499. The molecule has 1 aromatic rings. The summed E-state index contributed by atoms with van der Waals surface area (Å²) in [4.78, 5) is 22.5. The Balaban J connectivity index is 2.09. The average molecular weight is 293 g/mol. The van der Waals surface area contributed by atoms with Gasteiger partial charge in [0.25, 0.3) is 11.6 Å². The fourth-order valence-electron chi connectivity index (χ4n) is 2.53. The molecular weight excluding hydrogens is 274 g/mol. The van der Waals surface area contributed by atoms with Gasteiger partial charge in [0, 0.05) is 25.3 Å². The lowest BCUT2D eigenvalue weighted by Crippen LogP contribution is -2.40. The Labute approximate surface area is 122 Å². The van der Waals surface area contributed by atoms with Gasteiger partial charge >= 0.3 is 0 Å². The van der Waals surface area contributed by atoms with Gasteiger partial charge in [0.1, 0.15) is 5.69 Å². The van der Waals surface area contributed by atoms with Crippen molar-refractivity contribution in [2.45, 2.75) is 25.8 Å². The Hall–Kier alpha value is -2.15. The second-order valence-corrected chi connectivity index (χ2v) is 5.21. The molecule has 0 radical (unpaired) electrons. The summed E-state index contributed by atoms with van der Waals surface area (Å²) in [5.41, 5.74) is 5.51. The number of rotatable bonds is 4. The van der Waals surface area contributed by atoms with E-state index in [4.69, 9.17) is 10.5 Å². The maximum absolute atomic E-state index is 12.2. The normalized spacial score (nSPS) is 17.2. The standard InChI is InChI=1S/C14H19N3O4/c1-9(10-5-7-21-8-6-10)16-14(18)11-3-2-4-12(13(11)15)17(19)20/h2-4,9-10H,5-8,15H2,1H3,(H,16,18). The van der Waals surface area contributed by atoms with Crippen LogP contribution in [0.25, 0.3) is 0 Å². The summed E-state index contributed by atoms with van der Waals surface area (Å²) in [5, 5.41) is 13.7. The topological polar surface area (TPSA) is 107 Å². The van der Waals surface area contributed by atoms with Crippen LogP contribution in [0.15, 0.2) is 18.2 Å². The minimum atomic E-state index is -0.589.